The lowest BCUT2D eigenvalue weighted by Gasteiger charge is -2.07. The SMILES string of the molecule is O=C1Cc2cc(Nc3ccc(Br)cn3)ccc2N1. The molecule has 1 aromatic carbocycles. The number of carbonyl (C=O) groups is 1. The molecule has 18 heavy (non-hydrogen) atoms. The van der Waals surface area contributed by atoms with E-state index < -0.39 is 0 Å². The van der Waals surface area contributed by atoms with Crippen molar-refractivity contribution in [2.24, 2.45) is 0 Å². The van der Waals surface area contributed by atoms with Crippen LogP contribution in [0.2, 0.25) is 0 Å². The molecule has 2 N–H and O–H groups in total. The number of nitrogens with zero attached hydrogens (tertiary/aromatic N) is 1. The lowest BCUT2D eigenvalue weighted by atomic mass is 10.1. The molecular formula is C13H10BrN3O. The highest BCUT2D eigenvalue weighted by atomic mass is 79.9. The first-order chi connectivity index (χ1) is 8.70. The number of anilines is 3. The van der Waals surface area contributed by atoms with E-state index in [4.69, 9.17) is 0 Å². The summed E-state index contributed by atoms with van der Waals surface area (Å²) in [7, 11) is 0. The third kappa shape index (κ3) is 2.22. The summed E-state index contributed by atoms with van der Waals surface area (Å²) in [5.41, 5.74) is 2.84. The van der Waals surface area contributed by atoms with Crippen molar-refractivity contribution >= 4 is 39.0 Å². The van der Waals surface area contributed by atoms with Crippen LogP contribution in [0.5, 0.6) is 0 Å². The molecule has 1 aromatic heterocycles. The van der Waals surface area contributed by atoms with Crippen molar-refractivity contribution in [3.05, 3.63) is 46.6 Å². The fourth-order valence-electron chi connectivity index (χ4n) is 1.90. The predicted octanol–water partition coefficient (Wildman–Crippen LogP) is 3.08. The number of hydrogen-bond acceptors (Lipinski definition) is 3. The van der Waals surface area contributed by atoms with E-state index in [1.165, 1.54) is 0 Å². The topological polar surface area (TPSA) is 54.0 Å². The molecule has 3 rings (SSSR count). The zero-order valence-electron chi connectivity index (χ0n) is 9.40. The number of aromatic nitrogens is 1. The molecule has 1 amide bonds. The van der Waals surface area contributed by atoms with Crippen LogP contribution in [-0.2, 0) is 11.2 Å². The van der Waals surface area contributed by atoms with E-state index >= 15 is 0 Å². The highest BCUT2D eigenvalue weighted by molar-refractivity contribution is 9.10. The van der Waals surface area contributed by atoms with Crippen molar-refractivity contribution in [3.63, 3.8) is 0 Å². The number of hydrogen-bond donors (Lipinski definition) is 2. The number of halogens is 1. The Labute approximate surface area is 113 Å². The summed E-state index contributed by atoms with van der Waals surface area (Å²) in [5.74, 6) is 0.819. The lowest BCUT2D eigenvalue weighted by Crippen LogP contribution is -2.03. The van der Waals surface area contributed by atoms with Crippen molar-refractivity contribution in [1.29, 1.82) is 0 Å². The van der Waals surface area contributed by atoms with Gasteiger partial charge in [0.15, 0.2) is 0 Å². The Morgan fingerprint density at radius 1 is 1.28 bits per heavy atom. The molecule has 2 heterocycles. The number of benzene rings is 1. The van der Waals surface area contributed by atoms with Crippen molar-refractivity contribution in [2.45, 2.75) is 6.42 Å². The van der Waals surface area contributed by atoms with Crippen molar-refractivity contribution < 1.29 is 4.79 Å². The van der Waals surface area contributed by atoms with Crippen LogP contribution in [0.1, 0.15) is 5.56 Å². The summed E-state index contributed by atoms with van der Waals surface area (Å²) >= 11 is 3.34. The second-order valence-electron chi connectivity index (χ2n) is 4.08. The highest BCUT2D eigenvalue weighted by Crippen LogP contribution is 2.27. The van der Waals surface area contributed by atoms with Gasteiger partial charge in [0.1, 0.15) is 5.82 Å². The van der Waals surface area contributed by atoms with Gasteiger partial charge in [-0.3, -0.25) is 4.79 Å². The number of nitrogens with one attached hydrogen (secondary N) is 2. The first kappa shape index (κ1) is 11.2. The van der Waals surface area contributed by atoms with E-state index in [0.29, 0.717) is 6.42 Å². The molecule has 0 bridgehead atoms. The standard InChI is InChI=1S/C13H10BrN3O/c14-9-1-4-12(15-7-9)16-10-2-3-11-8(5-10)6-13(18)17-11/h1-5,7H,6H2,(H,15,16)(H,17,18). The normalized spacial score (nSPS) is 13.1. The van der Waals surface area contributed by atoms with Crippen LogP contribution in [-0.4, -0.2) is 10.9 Å². The van der Waals surface area contributed by atoms with Gasteiger partial charge in [0, 0.05) is 22.0 Å². The molecule has 0 aliphatic carbocycles. The molecule has 0 saturated carbocycles. The van der Waals surface area contributed by atoms with Crippen LogP contribution in [0.3, 0.4) is 0 Å². The Morgan fingerprint density at radius 2 is 2.17 bits per heavy atom. The molecule has 5 heteroatoms. The Kier molecular flexibility index (Phi) is 2.76. The van der Waals surface area contributed by atoms with E-state index in [2.05, 4.69) is 31.5 Å². The van der Waals surface area contributed by atoms with Crippen molar-refractivity contribution in [2.75, 3.05) is 10.6 Å². The molecule has 2 aromatic rings. The van der Waals surface area contributed by atoms with Gasteiger partial charge in [0.05, 0.1) is 6.42 Å². The molecule has 1 aliphatic heterocycles. The highest BCUT2D eigenvalue weighted by Gasteiger charge is 2.17. The first-order valence-electron chi connectivity index (χ1n) is 5.52. The van der Waals surface area contributed by atoms with Gasteiger partial charge in [-0.1, -0.05) is 0 Å². The lowest BCUT2D eigenvalue weighted by molar-refractivity contribution is -0.115. The number of rotatable bonds is 2. The molecule has 0 atom stereocenters. The van der Waals surface area contributed by atoms with Crippen molar-refractivity contribution in [3.8, 4) is 0 Å². The molecule has 0 saturated heterocycles. The summed E-state index contributed by atoms with van der Waals surface area (Å²) < 4.78 is 0.941. The second kappa shape index (κ2) is 4.42. The smallest absolute Gasteiger partial charge is 0.228 e. The van der Waals surface area contributed by atoms with E-state index in [1.54, 1.807) is 6.20 Å². The Hall–Kier alpha value is -1.88. The predicted molar refractivity (Wildman–Crippen MR) is 74.0 cm³/mol. The first-order valence-corrected chi connectivity index (χ1v) is 6.31. The van der Waals surface area contributed by atoms with Gasteiger partial charge in [0.25, 0.3) is 0 Å². The number of pyridine rings is 1. The zero-order valence-corrected chi connectivity index (χ0v) is 11.0. The average molecular weight is 304 g/mol. The monoisotopic (exact) mass is 303 g/mol. The minimum atomic E-state index is 0.0453. The van der Waals surface area contributed by atoms with Crippen LogP contribution in [0.25, 0.3) is 0 Å². The molecule has 0 radical (unpaired) electrons. The molecule has 0 spiro atoms. The largest absolute Gasteiger partial charge is 0.340 e. The molecule has 0 fully saturated rings. The Morgan fingerprint density at radius 3 is 2.94 bits per heavy atom. The van der Waals surface area contributed by atoms with E-state index in [-0.39, 0.29) is 5.91 Å². The minimum Gasteiger partial charge on any atom is -0.340 e. The fraction of sp³-hybridized carbons (Fsp3) is 0.0769. The van der Waals surface area contributed by atoms with Crippen LogP contribution < -0.4 is 10.6 Å². The summed E-state index contributed by atoms with van der Waals surface area (Å²) in [5, 5.41) is 6.01. The van der Waals surface area contributed by atoms with Gasteiger partial charge in [0.2, 0.25) is 5.91 Å². The maximum atomic E-state index is 11.3. The third-order valence-electron chi connectivity index (χ3n) is 2.73. The maximum absolute atomic E-state index is 11.3. The number of fused-ring (bicyclic) bond motifs is 1. The average Bonchev–Trinajstić information content (AvgIpc) is 2.71. The maximum Gasteiger partial charge on any atom is 0.228 e. The van der Waals surface area contributed by atoms with Gasteiger partial charge in [-0.15, -0.1) is 0 Å². The van der Waals surface area contributed by atoms with Gasteiger partial charge < -0.3 is 10.6 Å². The molecule has 0 unspecified atom stereocenters. The molecular weight excluding hydrogens is 294 g/mol. The van der Waals surface area contributed by atoms with Crippen LogP contribution in [0.15, 0.2) is 41.0 Å². The fourth-order valence-corrected chi connectivity index (χ4v) is 2.14. The third-order valence-corrected chi connectivity index (χ3v) is 3.20. The van der Waals surface area contributed by atoms with Gasteiger partial charge in [-0.2, -0.15) is 0 Å². The van der Waals surface area contributed by atoms with Gasteiger partial charge in [-0.05, 0) is 51.8 Å². The van der Waals surface area contributed by atoms with Crippen LogP contribution >= 0.6 is 15.9 Å². The summed E-state index contributed by atoms with van der Waals surface area (Å²) in [4.78, 5) is 15.5. The Balaban J connectivity index is 1.84. The molecule has 90 valence electrons. The number of carbonyl (C=O) groups excluding carboxylic acids is 1. The number of amides is 1. The van der Waals surface area contributed by atoms with Gasteiger partial charge in [-0.25, -0.2) is 4.98 Å². The minimum absolute atomic E-state index is 0.0453. The zero-order chi connectivity index (χ0) is 12.5. The molecule has 1 aliphatic rings. The van der Waals surface area contributed by atoms with Crippen molar-refractivity contribution in [1.82, 2.24) is 4.98 Å². The van der Waals surface area contributed by atoms with E-state index in [1.807, 2.05) is 30.3 Å². The summed E-state index contributed by atoms with van der Waals surface area (Å²) in [6.07, 6.45) is 2.18. The second-order valence-corrected chi connectivity index (χ2v) is 5.00. The summed E-state index contributed by atoms with van der Waals surface area (Å²) in [6, 6.07) is 9.61. The molecule has 4 nitrogen and oxygen atoms in total. The van der Waals surface area contributed by atoms with E-state index in [0.717, 1.165) is 27.2 Å². The Bertz CT molecular complexity index is 610. The quantitative estimate of drug-likeness (QED) is 0.896. The van der Waals surface area contributed by atoms with Crippen LogP contribution in [0.4, 0.5) is 17.2 Å². The van der Waals surface area contributed by atoms with Crippen LogP contribution in [0, 0.1) is 0 Å². The summed E-state index contributed by atoms with van der Waals surface area (Å²) in [6.45, 7) is 0. The van der Waals surface area contributed by atoms with Gasteiger partial charge >= 0.3 is 0 Å². The van der Waals surface area contributed by atoms with E-state index in [9.17, 15) is 4.79 Å².